The summed E-state index contributed by atoms with van der Waals surface area (Å²) in [7, 11) is 3.11. The molecule has 0 unspecified atom stereocenters. The van der Waals surface area contributed by atoms with Crippen molar-refractivity contribution in [1.29, 1.82) is 0 Å². The summed E-state index contributed by atoms with van der Waals surface area (Å²) in [5.41, 5.74) is 0. The van der Waals surface area contributed by atoms with Gasteiger partial charge in [-0.1, -0.05) is 29.7 Å². The van der Waals surface area contributed by atoms with Crippen molar-refractivity contribution in [2.45, 2.75) is 29.7 Å². The second-order valence-electron chi connectivity index (χ2n) is 3.87. The lowest BCUT2D eigenvalue weighted by Gasteiger charge is -2.28. The molecule has 0 bridgehead atoms. The minimum Gasteiger partial charge on any atom is -0.382 e. The quantitative estimate of drug-likeness (QED) is 0.293. The fourth-order valence-corrected chi connectivity index (χ4v) is 3.08. The van der Waals surface area contributed by atoms with Gasteiger partial charge in [0.15, 0.2) is 0 Å². The van der Waals surface area contributed by atoms with Gasteiger partial charge in [-0.25, -0.2) is 0 Å². The first-order chi connectivity index (χ1) is 10.2. The molecule has 0 heterocycles. The van der Waals surface area contributed by atoms with E-state index in [2.05, 4.69) is 0 Å². The van der Waals surface area contributed by atoms with Gasteiger partial charge >= 0.3 is 9.05 Å². The van der Waals surface area contributed by atoms with Gasteiger partial charge in [-0.3, -0.25) is 0 Å². The summed E-state index contributed by atoms with van der Waals surface area (Å²) in [6.07, 6.45) is 0. The van der Waals surface area contributed by atoms with Crippen LogP contribution in [0.5, 0.6) is 0 Å². The molecular formula is C16H44O8Si. The third-order valence-corrected chi connectivity index (χ3v) is 4.50. The number of ether oxygens (including phenoxy) is 4. The van der Waals surface area contributed by atoms with E-state index < -0.39 is 9.05 Å². The highest BCUT2D eigenvalue weighted by atomic mass is 28.4. The van der Waals surface area contributed by atoms with Gasteiger partial charge in [0.25, 0.3) is 0 Å². The Morgan fingerprint density at radius 2 is 0.600 bits per heavy atom. The Labute approximate surface area is 157 Å². The molecule has 0 spiro atoms. The minimum atomic E-state index is -3.26. The molecule has 0 radical (unpaired) electrons. The Morgan fingerprint density at radius 3 is 0.760 bits per heavy atom. The molecule has 160 valence electrons. The molecule has 0 aliphatic carbocycles. The van der Waals surface area contributed by atoms with E-state index in [-0.39, 0.29) is 29.7 Å². The van der Waals surface area contributed by atoms with E-state index in [9.17, 15) is 0 Å². The van der Waals surface area contributed by atoms with Crippen molar-refractivity contribution >= 4 is 9.05 Å². The van der Waals surface area contributed by atoms with Crippen molar-refractivity contribution in [3.63, 3.8) is 0 Å². The van der Waals surface area contributed by atoms with Crippen molar-refractivity contribution in [1.82, 2.24) is 0 Å². The van der Waals surface area contributed by atoms with Crippen LogP contribution in [0.15, 0.2) is 0 Å². The van der Waals surface area contributed by atoms with Gasteiger partial charge < -0.3 is 36.7 Å². The summed E-state index contributed by atoms with van der Waals surface area (Å²) in [6.45, 7) is 2.94. The van der Waals surface area contributed by atoms with E-state index in [4.69, 9.17) is 36.7 Å². The molecule has 0 aromatic heterocycles. The molecule has 0 N–H and O–H groups in total. The van der Waals surface area contributed by atoms with Crippen LogP contribution in [0.25, 0.3) is 0 Å². The Bertz CT molecular complexity index is 177. The molecular weight excluding hydrogens is 348 g/mol. The van der Waals surface area contributed by atoms with Gasteiger partial charge in [0, 0.05) is 28.4 Å². The Kier molecular flexibility index (Phi) is 37.5. The highest BCUT2D eigenvalue weighted by molar-refractivity contribution is 6.53. The molecule has 0 atom stereocenters. The molecule has 0 saturated heterocycles. The molecule has 0 saturated carbocycles. The maximum absolute atomic E-state index is 5.69. The molecule has 0 aliphatic rings. The first-order valence-corrected chi connectivity index (χ1v) is 8.39. The molecule has 0 aromatic carbocycles. The van der Waals surface area contributed by atoms with Crippen molar-refractivity contribution < 1.29 is 36.7 Å². The normalized spacial score (nSPS) is 10.1. The standard InChI is InChI=1S/C12H28O8Si.4CH4/c1-13-5-9-17-21(18-10-6-14-2,19-11-7-15-3)20-12-8-16-4;;;;/h5-12H2,1-4H3;4*1H4. The Morgan fingerprint density at radius 1 is 0.400 bits per heavy atom. The van der Waals surface area contributed by atoms with Crippen molar-refractivity contribution in [3.8, 4) is 0 Å². The van der Waals surface area contributed by atoms with Gasteiger partial charge in [-0.05, 0) is 0 Å². The smallest absolute Gasteiger partial charge is 0.382 e. The topological polar surface area (TPSA) is 73.8 Å². The minimum absolute atomic E-state index is 0. The molecule has 0 aliphatic heterocycles. The summed E-state index contributed by atoms with van der Waals surface area (Å²) >= 11 is 0. The van der Waals surface area contributed by atoms with Crippen LogP contribution in [0.4, 0.5) is 0 Å². The molecule has 9 heteroatoms. The molecule has 0 aromatic rings. The van der Waals surface area contributed by atoms with Crippen LogP contribution in [-0.4, -0.2) is 90.3 Å². The Hall–Kier alpha value is -0.103. The summed E-state index contributed by atoms with van der Waals surface area (Å²) in [5.74, 6) is 0. The number of hydrogen-bond donors (Lipinski definition) is 0. The van der Waals surface area contributed by atoms with Gasteiger partial charge in [0.05, 0.1) is 52.9 Å². The first-order valence-electron chi connectivity index (χ1n) is 6.76. The van der Waals surface area contributed by atoms with Gasteiger partial charge in [-0.15, -0.1) is 0 Å². The van der Waals surface area contributed by atoms with E-state index in [0.29, 0.717) is 52.9 Å². The van der Waals surface area contributed by atoms with Crippen LogP contribution in [-0.2, 0) is 36.7 Å². The molecule has 0 fully saturated rings. The largest absolute Gasteiger partial charge is 0.680 e. The molecule has 0 amide bonds. The van der Waals surface area contributed by atoms with E-state index in [1.54, 1.807) is 28.4 Å². The van der Waals surface area contributed by atoms with Crippen LogP contribution in [0.1, 0.15) is 29.7 Å². The van der Waals surface area contributed by atoms with Crippen LogP contribution >= 0.6 is 0 Å². The van der Waals surface area contributed by atoms with Crippen molar-refractivity contribution in [2.75, 3.05) is 81.3 Å². The molecule has 8 nitrogen and oxygen atoms in total. The van der Waals surface area contributed by atoms with E-state index >= 15 is 0 Å². The summed E-state index contributed by atoms with van der Waals surface area (Å²) in [4.78, 5) is 0. The van der Waals surface area contributed by atoms with Crippen molar-refractivity contribution in [2.24, 2.45) is 0 Å². The monoisotopic (exact) mass is 392 g/mol. The van der Waals surface area contributed by atoms with Crippen LogP contribution in [0.3, 0.4) is 0 Å². The third-order valence-electron chi connectivity index (χ3n) is 2.27. The average Bonchev–Trinajstić information content (AvgIpc) is 2.48. The summed E-state index contributed by atoms with van der Waals surface area (Å²) in [6, 6.07) is 0. The lowest BCUT2D eigenvalue weighted by molar-refractivity contribution is -0.0616. The zero-order valence-electron chi connectivity index (χ0n) is 13.4. The summed E-state index contributed by atoms with van der Waals surface area (Å²) < 4.78 is 42.6. The maximum Gasteiger partial charge on any atom is 0.680 e. The van der Waals surface area contributed by atoms with Gasteiger partial charge in [0.2, 0.25) is 0 Å². The predicted octanol–water partition coefficient (Wildman–Crippen LogP) is 2.62. The van der Waals surface area contributed by atoms with Crippen LogP contribution in [0.2, 0.25) is 0 Å². The molecule has 0 rings (SSSR count). The van der Waals surface area contributed by atoms with Gasteiger partial charge in [-0.2, -0.15) is 0 Å². The zero-order valence-corrected chi connectivity index (χ0v) is 14.4. The second kappa shape index (κ2) is 26.1. The highest BCUT2D eigenvalue weighted by Gasteiger charge is 2.45. The Balaban J connectivity index is -0.000000333. The van der Waals surface area contributed by atoms with E-state index in [1.807, 2.05) is 0 Å². The number of hydrogen-bond acceptors (Lipinski definition) is 8. The molecule has 25 heavy (non-hydrogen) atoms. The average molecular weight is 393 g/mol. The fraction of sp³-hybridized carbons (Fsp3) is 1.00. The van der Waals surface area contributed by atoms with Crippen LogP contribution in [0, 0.1) is 0 Å². The fourth-order valence-electron chi connectivity index (χ4n) is 1.25. The number of methoxy groups -OCH3 is 4. The third kappa shape index (κ3) is 20.1. The van der Waals surface area contributed by atoms with E-state index in [1.165, 1.54) is 0 Å². The van der Waals surface area contributed by atoms with Crippen LogP contribution < -0.4 is 0 Å². The maximum atomic E-state index is 5.69. The predicted molar refractivity (Wildman–Crippen MR) is 104 cm³/mol. The first kappa shape index (κ1) is 35.9. The van der Waals surface area contributed by atoms with Gasteiger partial charge in [0.1, 0.15) is 0 Å². The van der Waals surface area contributed by atoms with Crippen molar-refractivity contribution in [3.05, 3.63) is 0 Å². The number of rotatable bonds is 16. The zero-order chi connectivity index (χ0) is 15.8. The SMILES string of the molecule is C.C.C.C.COCCO[Si](OCCOC)(OCCOC)OCCOC. The second-order valence-corrected chi connectivity index (χ2v) is 6.02. The highest BCUT2D eigenvalue weighted by Crippen LogP contribution is 2.12. The summed E-state index contributed by atoms with van der Waals surface area (Å²) in [5, 5.41) is 0. The van der Waals surface area contributed by atoms with E-state index in [0.717, 1.165) is 0 Å². The lowest BCUT2D eigenvalue weighted by Crippen LogP contribution is -2.51. The lowest BCUT2D eigenvalue weighted by atomic mass is 10.8.